The van der Waals surface area contributed by atoms with Crippen LogP contribution in [-0.4, -0.2) is 33.3 Å². The van der Waals surface area contributed by atoms with Crippen molar-refractivity contribution >= 4 is 29.9 Å². The molecule has 0 fully saturated rings. The van der Waals surface area contributed by atoms with Gasteiger partial charge in [-0.05, 0) is 42.7 Å². The molecule has 0 heterocycles. The molecule has 0 saturated heterocycles. The third-order valence-corrected chi connectivity index (χ3v) is 3.78. The molecule has 0 unspecified atom stereocenters. The number of guanidine groups is 1. The first kappa shape index (κ1) is 22.1. The molecule has 142 valence electrons. The van der Waals surface area contributed by atoms with Crippen molar-refractivity contribution in [1.82, 2.24) is 10.6 Å². The van der Waals surface area contributed by atoms with E-state index in [0.29, 0.717) is 13.2 Å². The number of benzene rings is 2. The van der Waals surface area contributed by atoms with Crippen molar-refractivity contribution < 1.29 is 9.47 Å². The number of ether oxygens (including phenoxy) is 2. The highest BCUT2D eigenvalue weighted by atomic mass is 127. The predicted octanol–water partition coefficient (Wildman–Crippen LogP) is 3.62. The molecule has 0 bridgehead atoms. The number of halogens is 1. The van der Waals surface area contributed by atoms with Crippen LogP contribution in [0.25, 0.3) is 0 Å². The van der Waals surface area contributed by atoms with E-state index in [9.17, 15) is 0 Å². The van der Waals surface area contributed by atoms with E-state index in [1.807, 2.05) is 43.3 Å². The molecular weight excluding hydrogens is 441 g/mol. The molecule has 0 spiro atoms. The van der Waals surface area contributed by atoms with Crippen molar-refractivity contribution in [2.45, 2.75) is 19.9 Å². The SMILES string of the molecule is CCOc1ccccc1CCNC(=NC)NCc1cccc(OC)c1.I. The smallest absolute Gasteiger partial charge is 0.191 e. The quantitative estimate of drug-likeness (QED) is 0.353. The van der Waals surface area contributed by atoms with E-state index in [2.05, 4.69) is 27.8 Å². The number of nitrogens with zero attached hydrogens (tertiary/aromatic N) is 1. The van der Waals surface area contributed by atoms with E-state index < -0.39 is 0 Å². The molecule has 0 saturated carbocycles. The average Bonchev–Trinajstić information content (AvgIpc) is 2.66. The third-order valence-electron chi connectivity index (χ3n) is 3.78. The van der Waals surface area contributed by atoms with Crippen LogP contribution >= 0.6 is 24.0 Å². The minimum atomic E-state index is 0. The maximum Gasteiger partial charge on any atom is 0.191 e. The lowest BCUT2D eigenvalue weighted by Crippen LogP contribution is -2.37. The number of nitrogens with one attached hydrogen (secondary N) is 2. The van der Waals surface area contributed by atoms with Gasteiger partial charge < -0.3 is 20.1 Å². The van der Waals surface area contributed by atoms with Gasteiger partial charge >= 0.3 is 0 Å². The normalized spacial score (nSPS) is 10.7. The summed E-state index contributed by atoms with van der Waals surface area (Å²) in [4.78, 5) is 4.27. The zero-order valence-electron chi connectivity index (χ0n) is 15.6. The maximum atomic E-state index is 5.66. The van der Waals surface area contributed by atoms with Crippen molar-refractivity contribution in [2.24, 2.45) is 4.99 Å². The highest BCUT2D eigenvalue weighted by Gasteiger charge is 2.04. The van der Waals surface area contributed by atoms with Gasteiger partial charge in [-0.2, -0.15) is 0 Å². The van der Waals surface area contributed by atoms with Crippen molar-refractivity contribution in [3.63, 3.8) is 0 Å². The van der Waals surface area contributed by atoms with Gasteiger partial charge in [0.15, 0.2) is 5.96 Å². The lowest BCUT2D eigenvalue weighted by atomic mass is 10.1. The van der Waals surface area contributed by atoms with Crippen molar-refractivity contribution in [1.29, 1.82) is 0 Å². The summed E-state index contributed by atoms with van der Waals surface area (Å²) in [7, 11) is 3.45. The second-order valence-electron chi connectivity index (χ2n) is 5.49. The Labute approximate surface area is 173 Å². The van der Waals surface area contributed by atoms with E-state index in [-0.39, 0.29) is 24.0 Å². The number of methoxy groups -OCH3 is 1. The molecular formula is C20H28IN3O2. The van der Waals surface area contributed by atoms with E-state index in [1.165, 1.54) is 5.56 Å². The minimum Gasteiger partial charge on any atom is -0.497 e. The van der Waals surface area contributed by atoms with Crippen molar-refractivity contribution in [3.05, 3.63) is 59.7 Å². The molecule has 0 radical (unpaired) electrons. The molecule has 5 nitrogen and oxygen atoms in total. The van der Waals surface area contributed by atoms with Crippen LogP contribution in [0, 0.1) is 0 Å². The summed E-state index contributed by atoms with van der Waals surface area (Å²) in [5.74, 6) is 2.58. The molecule has 0 amide bonds. The fraction of sp³-hybridized carbons (Fsp3) is 0.350. The van der Waals surface area contributed by atoms with Crippen LogP contribution in [0.5, 0.6) is 11.5 Å². The molecule has 2 N–H and O–H groups in total. The van der Waals surface area contributed by atoms with Gasteiger partial charge in [0.1, 0.15) is 11.5 Å². The largest absolute Gasteiger partial charge is 0.497 e. The standard InChI is InChI=1S/C20H27N3O2.HI/c1-4-25-19-11-6-5-9-17(19)12-13-22-20(21-2)23-15-16-8-7-10-18(14-16)24-3;/h5-11,14H,4,12-13,15H2,1-3H3,(H2,21,22,23);1H. The summed E-state index contributed by atoms with van der Waals surface area (Å²) < 4.78 is 10.9. The number of hydrogen-bond donors (Lipinski definition) is 2. The van der Waals surface area contributed by atoms with Crippen LogP contribution in [0.4, 0.5) is 0 Å². The van der Waals surface area contributed by atoms with Crippen molar-refractivity contribution in [3.8, 4) is 11.5 Å². The lowest BCUT2D eigenvalue weighted by molar-refractivity contribution is 0.336. The monoisotopic (exact) mass is 469 g/mol. The number of hydrogen-bond acceptors (Lipinski definition) is 3. The van der Waals surface area contributed by atoms with Crippen molar-refractivity contribution in [2.75, 3.05) is 27.3 Å². The second-order valence-corrected chi connectivity index (χ2v) is 5.49. The minimum absolute atomic E-state index is 0. The fourth-order valence-corrected chi connectivity index (χ4v) is 2.51. The summed E-state index contributed by atoms with van der Waals surface area (Å²) in [6.45, 7) is 4.14. The van der Waals surface area contributed by atoms with Crippen LogP contribution < -0.4 is 20.1 Å². The Hall–Kier alpha value is -1.96. The van der Waals surface area contributed by atoms with Gasteiger partial charge in [0.05, 0.1) is 13.7 Å². The van der Waals surface area contributed by atoms with Gasteiger partial charge in [-0.25, -0.2) is 0 Å². The Kier molecular flexibility index (Phi) is 10.5. The molecule has 0 aromatic heterocycles. The fourth-order valence-electron chi connectivity index (χ4n) is 2.51. The van der Waals surface area contributed by atoms with Gasteiger partial charge in [0.2, 0.25) is 0 Å². The zero-order valence-corrected chi connectivity index (χ0v) is 17.9. The molecule has 6 heteroatoms. The third kappa shape index (κ3) is 7.11. The van der Waals surface area contributed by atoms with Crippen LogP contribution in [-0.2, 0) is 13.0 Å². The lowest BCUT2D eigenvalue weighted by Gasteiger charge is -2.14. The van der Waals surface area contributed by atoms with Gasteiger partial charge in [0.25, 0.3) is 0 Å². The number of aliphatic imine (C=N–C) groups is 1. The molecule has 2 aromatic carbocycles. The van der Waals surface area contributed by atoms with E-state index in [0.717, 1.165) is 36.0 Å². The average molecular weight is 469 g/mol. The van der Waals surface area contributed by atoms with Gasteiger partial charge in [-0.3, -0.25) is 4.99 Å². The Bertz CT molecular complexity index is 692. The van der Waals surface area contributed by atoms with Gasteiger partial charge in [0, 0.05) is 20.1 Å². The first-order valence-corrected chi connectivity index (χ1v) is 8.55. The first-order chi connectivity index (χ1) is 12.3. The van der Waals surface area contributed by atoms with Crippen LogP contribution in [0.2, 0.25) is 0 Å². The summed E-state index contributed by atoms with van der Waals surface area (Å²) in [6.07, 6.45) is 0.871. The molecule has 2 rings (SSSR count). The molecule has 0 atom stereocenters. The number of rotatable bonds is 8. The summed E-state index contributed by atoms with van der Waals surface area (Å²) >= 11 is 0. The molecule has 0 aliphatic rings. The van der Waals surface area contributed by atoms with Gasteiger partial charge in [-0.15, -0.1) is 24.0 Å². The molecule has 0 aliphatic carbocycles. The molecule has 0 aliphatic heterocycles. The summed E-state index contributed by atoms with van der Waals surface area (Å²) in [6, 6.07) is 16.1. The van der Waals surface area contributed by atoms with Crippen LogP contribution in [0.1, 0.15) is 18.1 Å². The van der Waals surface area contributed by atoms with E-state index in [1.54, 1.807) is 14.2 Å². The topological polar surface area (TPSA) is 54.9 Å². The van der Waals surface area contributed by atoms with Crippen LogP contribution in [0.3, 0.4) is 0 Å². The molecule has 26 heavy (non-hydrogen) atoms. The highest BCUT2D eigenvalue weighted by molar-refractivity contribution is 14.0. The first-order valence-electron chi connectivity index (χ1n) is 8.55. The van der Waals surface area contributed by atoms with E-state index in [4.69, 9.17) is 9.47 Å². The van der Waals surface area contributed by atoms with E-state index >= 15 is 0 Å². The Morgan fingerprint density at radius 2 is 1.88 bits per heavy atom. The molecule has 2 aromatic rings. The summed E-state index contributed by atoms with van der Waals surface area (Å²) in [5, 5.41) is 6.65. The number of para-hydroxylation sites is 1. The van der Waals surface area contributed by atoms with Gasteiger partial charge in [-0.1, -0.05) is 30.3 Å². The zero-order chi connectivity index (χ0) is 17.9. The second kappa shape index (κ2) is 12.4. The summed E-state index contributed by atoms with van der Waals surface area (Å²) in [5.41, 5.74) is 2.34. The Balaban J connectivity index is 0.00000338. The Morgan fingerprint density at radius 1 is 1.08 bits per heavy atom. The predicted molar refractivity (Wildman–Crippen MR) is 118 cm³/mol. The Morgan fingerprint density at radius 3 is 2.62 bits per heavy atom. The van der Waals surface area contributed by atoms with Crippen LogP contribution in [0.15, 0.2) is 53.5 Å². The highest BCUT2D eigenvalue weighted by Crippen LogP contribution is 2.18. The maximum absolute atomic E-state index is 5.66.